The molecule has 0 spiro atoms. The summed E-state index contributed by atoms with van der Waals surface area (Å²) >= 11 is 0. The van der Waals surface area contributed by atoms with Crippen molar-refractivity contribution in [2.45, 2.75) is 161 Å². The average Bonchev–Trinajstić information content (AvgIpc) is 3.98. The number of likely N-dealkylation sites (tertiary alicyclic amines) is 3. The highest BCUT2D eigenvalue weighted by molar-refractivity contribution is 6.02. The topological polar surface area (TPSA) is 206 Å². The quantitative estimate of drug-likeness (QED) is 0.114. The maximum atomic E-state index is 14.7. The summed E-state index contributed by atoms with van der Waals surface area (Å²) in [6, 6.07) is 9.92. The molecule has 5 N–H and O–H groups in total. The zero-order valence-electron chi connectivity index (χ0n) is 43.6. The van der Waals surface area contributed by atoms with E-state index in [-0.39, 0.29) is 110 Å². The number of nitrogens with zero attached hydrogens (tertiary/aromatic N) is 3. The first-order chi connectivity index (χ1) is 33.3. The van der Waals surface area contributed by atoms with Gasteiger partial charge in [0.2, 0.25) is 35.4 Å². The highest BCUT2D eigenvalue weighted by Gasteiger charge is 2.47. The minimum absolute atomic E-state index is 0. The molecule has 3 fully saturated rings. The number of carbonyl (C=O) groups excluding carboxylic acids is 8. The van der Waals surface area contributed by atoms with E-state index in [0.29, 0.717) is 43.5 Å². The predicted octanol–water partition coefficient (Wildman–Crippen LogP) is 5.35. The summed E-state index contributed by atoms with van der Waals surface area (Å²) in [5.74, 6) is -3.00. The van der Waals surface area contributed by atoms with Crippen LogP contribution in [0.4, 0.5) is 0 Å². The van der Waals surface area contributed by atoms with Crippen molar-refractivity contribution >= 4 is 71.8 Å². The number of likely N-dealkylation sites (N-methyl/N-ethyl adjacent to an activating group) is 2. The second-order valence-corrected chi connectivity index (χ2v) is 21.3. The third-order valence-electron chi connectivity index (χ3n) is 15.0. The van der Waals surface area contributed by atoms with Crippen LogP contribution in [0.1, 0.15) is 150 Å². The normalized spacial score (nSPS) is 22.4. The first kappa shape index (κ1) is 59.7. The van der Waals surface area contributed by atoms with Gasteiger partial charge in [0.05, 0.1) is 18.1 Å². The number of carbonyl (C=O) groups is 8. The van der Waals surface area contributed by atoms with Gasteiger partial charge in [0.15, 0.2) is 11.6 Å². The van der Waals surface area contributed by atoms with Crippen molar-refractivity contribution in [2.24, 2.45) is 17.3 Å². The molecule has 9 atom stereocenters. The summed E-state index contributed by atoms with van der Waals surface area (Å²) in [4.78, 5) is 117. The van der Waals surface area contributed by atoms with Gasteiger partial charge < -0.3 is 41.3 Å². The number of ketones is 2. The molecule has 6 amide bonds. The van der Waals surface area contributed by atoms with Gasteiger partial charge in [0.1, 0.15) is 24.2 Å². The highest BCUT2D eigenvalue weighted by atomic mass is 35.5. The molecule has 18 heteroatoms. The second-order valence-electron chi connectivity index (χ2n) is 21.3. The number of fused-ring (bicyclic) bond motifs is 1. The minimum Gasteiger partial charge on any atom is -0.347 e. The first-order valence-corrected chi connectivity index (χ1v) is 25.7. The van der Waals surface area contributed by atoms with Crippen molar-refractivity contribution in [3.8, 4) is 0 Å². The summed E-state index contributed by atoms with van der Waals surface area (Å²) in [6.45, 7) is 12.5. The molecule has 0 radical (unpaired) electrons. The van der Waals surface area contributed by atoms with Crippen LogP contribution in [0.3, 0.4) is 0 Å². The minimum atomic E-state index is -0.951. The summed E-state index contributed by atoms with van der Waals surface area (Å²) < 4.78 is 0. The Bertz CT molecular complexity index is 2250. The molecule has 0 aromatic heterocycles. The molecule has 6 rings (SSSR count). The monoisotopic (exact) mass is 1040 g/mol. The molecule has 2 aromatic rings. The first-order valence-electron chi connectivity index (χ1n) is 25.7. The SMILES string of the molecule is CCC[C@H](NC(=O)[C@H](C)NC)C(=O)N1C[C@@H](CC(=O)c2cccc(C(=O)C[C@H]3C[C@@H](C(=O)N[C@@H]4CCCc5ccccc54)N(C(=O)[C@@H](NC(=O)[C@H](C)NC)C(C)(C)C)C3)c2)C[C@H]1C(=O)N1CCCCC1.Cl.Cl. The molecule has 16 nitrogen and oxygen atoms in total. The Labute approximate surface area is 438 Å². The van der Waals surface area contributed by atoms with Crippen LogP contribution in [0.25, 0.3) is 0 Å². The second kappa shape index (κ2) is 26.9. The van der Waals surface area contributed by atoms with Crippen LogP contribution in [-0.4, -0.2) is 138 Å². The Kier molecular flexibility index (Phi) is 22.3. The van der Waals surface area contributed by atoms with Gasteiger partial charge in [-0.3, -0.25) is 38.4 Å². The fraction of sp³-hybridized carbons (Fsp3) is 0.630. The van der Waals surface area contributed by atoms with Crippen LogP contribution in [0.2, 0.25) is 0 Å². The lowest BCUT2D eigenvalue weighted by Gasteiger charge is -2.36. The molecule has 3 saturated heterocycles. The van der Waals surface area contributed by atoms with E-state index in [1.54, 1.807) is 62.0 Å². The van der Waals surface area contributed by atoms with Crippen molar-refractivity contribution < 1.29 is 38.4 Å². The van der Waals surface area contributed by atoms with Crippen molar-refractivity contribution in [3.05, 3.63) is 70.8 Å². The smallest absolute Gasteiger partial charge is 0.246 e. The number of Topliss-reactive ketones (excluding diaryl/α,β-unsaturated/α-hetero) is 2. The number of piperidine rings is 1. The van der Waals surface area contributed by atoms with E-state index in [1.165, 1.54) is 5.56 Å². The van der Waals surface area contributed by atoms with E-state index in [2.05, 4.69) is 32.7 Å². The van der Waals surface area contributed by atoms with Crippen LogP contribution >= 0.6 is 24.8 Å². The molecule has 0 unspecified atom stereocenters. The molecule has 72 heavy (non-hydrogen) atoms. The van der Waals surface area contributed by atoms with E-state index in [0.717, 1.165) is 44.1 Å². The number of rotatable bonds is 19. The Morgan fingerprint density at radius 3 is 1.82 bits per heavy atom. The fourth-order valence-corrected chi connectivity index (χ4v) is 10.6. The molecule has 1 aliphatic carbocycles. The number of halogens is 2. The highest BCUT2D eigenvalue weighted by Crippen LogP contribution is 2.35. The molecule has 2 aromatic carbocycles. The zero-order chi connectivity index (χ0) is 50.9. The van der Waals surface area contributed by atoms with Crippen LogP contribution in [0, 0.1) is 17.3 Å². The van der Waals surface area contributed by atoms with Crippen LogP contribution in [-0.2, 0) is 35.2 Å². The Balaban J connectivity index is 0.00000562. The van der Waals surface area contributed by atoms with Crippen molar-refractivity contribution in [2.75, 3.05) is 40.3 Å². The van der Waals surface area contributed by atoms with Gasteiger partial charge in [0, 0.05) is 50.1 Å². The van der Waals surface area contributed by atoms with Gasteiger partial charge in [-0.15, -0.1) is 24.8 Å². The largest absolute Gasteiger partial charge is 0.347 e. The molecule has 398 valence electrons. The summed E-state index contributed by atoms with van der Waals surface area (Å²) in [6.07, 6.45) is 7.03. The van der Waals surface area contributed by atoms with Gasteiger partial charge >= 0.3 is 0 Å². The molecular weight excluding hydrogens is 960 g/mol. The lowest BCUT2D eigenvalue weighted by molar-refractivity contribution is -0.146. The molecule has 0 bridgehead atoms. The molecule has 0 saturated carbocycles. The van der Waals surface area contributed by atoms with E-state index >= 15 is 0 Å². The number of hydrogen-bond acceptors (Lipinski definition) is 10. The van der Waals surface area contributed by atoms with E-state index in [9.17, 15) is 38.4 Å². The van der Waals surface area contributed by atoms with E-state index in [4.69, 9.17) is 0 Å². The van der Waals surface area contributed by atoms with Crippen LogP contribution < -0.4 is 26.6 Å². The lowest BCUT2D eigenvalue weighted by atomic mass is 9.85. The lowest BCUT2D eigenvalue weighted by Crippen LogP contribution is -2.59. The third-order valence-corrected chi connectivity index (χ3v) is 15.0. The van der Waals surface area contributed by atoms with Gasteiger partial charge in [-0.25, -0.2) is 0 Å². The standard InChI is InChI=1S/C54H78N8O8.2ClH/c1-9-17-42(58-48(65)33(2)55-7)51(68)62-32-36(27-44(62)52(69)60-24-13-10-14-25-60)29-46(64)39-21-15-20-38(30-39)45(63)28-35-26-43(50(67)57-41-23-16-19-37-18-11-12-22-40(37)41)61(31-35)53(70)47(54(4,5)6)59-49(66)34(3)56-8;;/h11-12,15,18,20-22,30,33-36,41-44,47,55-56H,9-10,13-14,16-17,19,23-29,31-32H2,1-8H3,(H,57,67)(H,58,65)(H,59,66);2*1H/t33-,34-,35+,36+,41+,42-,43-,44-,47+;;/m0../s1. The Morgan fingerprint density at radius 2 is 1.25 bits per heavy atom. The van der Waals surface area contributed by atoms with Crippen molar-refractivity contribution in [1.29, 1.82) is 0 Å². The van der Waals surface area contributed by atoms with Crippen LogP contribution in [0.15, 0.2) is 48.5 Å². The van der Waals surface area contributed by atoms with Gasteiger partial charge in [0.25, 0.3) is 0 Å². The van der Waals surface area contributed by atoms with E-state index < -0.39 is 53.5 Å². The number of amides is 6. The fourth-order valence-electron chi connectivity index (χ4n) is 10.6. The van der Waals surface area contributed by atoms with Crippen molar-refractivity contribution in [3.63, 3.8) is 0 Å². The molecular formula is C54H80Cl2N8O8. The summed E-state index contributed by atoms with van der Waals surface area (Å²) in [5, 5.41) is 14.9. The molecule has 4 aliphatic rings. The summed E-state index contributed by atoms with van der Waals surface area (Å²) in [7, 11) is 3.34. The predicted molar refractivity (Wildman–Crippen MR) is 282 cm³/mol. The zero-order valence-corrected chi connectivity index (χ0v) is 45.2. The molecule has 3 aliphatic heterocycles. The number of aryl methyl sites for hydroxylation is 1. The Hall–Kier alpha value is -4.90. The van der Waals surface area contributed by atoms with Gasteiger partial charge in [-0.1, -0.05) is 76.6 Å². The number of hydrogen-bond donors (Lipinski definition) is 5. The van der Waals surface area contributed by atoms with Crippen molar-refractivity contribution in [1.82, 2.24) is 41.3 Å². The number of benzene rings is 2. The molecule has 3 heterocycles. The van der Waals surface area contributed by atoms with Crippen LogP contribution in [0.5, 0.6) is 0 Å². The number of nitrogens with one attached hydrogen (secondary N) is 5. The van der Waals surface area contributed by atoms with Gasteiger partial charge in [-0.05, 0) is 120 Å². The maximum Gasteiger partial charge on any atom is 0.246 e. The average molecular weight is 1040 g/mol. The maximum absolute atomic E-state index is 14.7. The van der Waals surface area contributed by atoms with E-state index in [1.807, 2.05) is 50.8 Å². The summed E-state index contributed by atoms with van der Waals surface area (Å²) in [5.41, 5.74) is 2.19. The van der Waals surface area contributed by atoms with Gasteiger partial charge in [-0.2, -0.15) is 0 Å². The third kappa shape index (κ3) is 14.7. The Morgan fingerprint density at radius 1 is 0.694 bits per heavy atom.